The van der Waals surface area contributed by atoms with E-state index in [1.165, 1.54) is 6.08 Å². The fourth-order valence-corrected chi connectivity index (χ4v) is 3.70. The van der Waals surface area contributed by atoms with Crippen molar-refractivity contribution < 1.29 is 14.3 Å². The molecule has 0 unspecified atom stereocenters. The fraction of sp³-hybridized carbons (Fsp3) is 0.238. The minimum absolute atomic E-state index is 0.0185. The molecule has 0 saturated carbocycles. The van der Waals surface area contributed by atoms with Crippen LogP contribution in [0.5, 0.6) is 5.75 Å². The number of nitriles is 1. The zero-order chi connectivity index (χ0) is 20.8. The van der Waals surface area contributed by atoms with Crippen molar-refractivity contribution >= 4 is 50.9 Å². The van der Waals surface area contributed by atoms with Gasteiger partial charge < -0.3 is 19.7 Å². The lowest BCUT2D eigenvalue weighted by Gasteiger charge is -2.30. The molecule has 150 valence electrons. The topological polar surface area (TPSA) is 74.6 Å². The number of hydrogen-bond donors (Lipinski definition) is 1. The second-order valence-corrected chi connectivity index (χ2v) is 7.57. The van der Waals surface area contributed by atoms with Crippen LogP contribution in [-0.4, -0.2) is 39.3 Å². The number of amides is 1. The van der Waals surface area contributed by atoms with Gasteiger partial charge in [0.05, 0.1) is 36.2 Å². The molecule has 6 nitrogen and oxygen atoms in total. The van der Waals surface area contributed by atoms with Gasteiger partial charge in [0.1, 0.15) is 17.4 Å². The summed E-state index contributed by atoms with van der Waals surface area (Å²) >= 11 is 9.54. The summed E-state index contributed by atoms with van der Waals surface area (Å²) in [6, 6.07) is 12.6. The van der Waals surface area contributed by atoms with Gasteiger partial charge in [0.2, 0.25) is 0 Å². The number of rotatable bonds is 5. The van der Waals surface area contributed by atoms with Crippen LogP contribution in [0.1, 0.15) is 5.56 Å². The van der Waals surface area contributed by atoms with E-state index in [9.17, 15) is 10.1 Å². The molecule has 0 aromatic heterocycles. The molecule has 0 bridgehead atoms. The molecule has 8 heteroatoms. The molecule has 0 spiro atoms. The summed E-state index contributed by atoms with van der Waals surface area (Å²) in [7, 11) is 1.57. The summed E-state index contributed by atoms with van der Waals surface area (Å²) in [6.45, 7) is 2.66. The highest BCUT2D eigenvalue weighted by molar-refractivity contribution is 9.10. The number of nitrogens with zero attached hydrogens (tertiary/aromatic N) is 2. The third-order valence-corrected chi connectivity index (χ3v) is 5.27. The van der Waals surface area contributed by atoms with E-state index in [2.05, 4.69) is 26.1 Å². The van der Waals surface area contributed by atoms with Crippen LogP contribution in [0.15, 0.2) is 46.4 Å². The summed E-state index contributed by atoms with van der Waals surface area (Å²) in [5, 5.41) is 12.8. The number of carbonyl (C=O) groups excluding carboxylic acids is 1. The van der Waals surface area contributed by atoms with Gasteiger partial charge in [0, 0.05) is 18.1 Å². The van der Waals surface area contributed by atoms with Crippen LogP contribution < -0.4 is 15.0 Å². The minimum Gasteiger partial charge on any atom is -0.496 e. The van der Waals surface area contributed by atoms with Gasteiger partial charge in [-0.15, -0.1) is 0 Å². The maximum Gasteiger partial charge on any atom is 0.266 e. The van der Waals surface area contributed by atoms with Crippen molar-refractivity contribution in [1.82, 2.24) is 0 Å². The number of halogens is 2. The summed E-state index contributed by atoms with van der Waals surface area (Å²) in [4.78, 5) is 14.9. The Labute approximate surface area is 182 Å². The molecular formula is C21H19BrClN3O3. The Morgan fingerprint density at radius 3 is 2.72 bits per heavy atom. The maximum absolute atomic E-state index is 12.8. The zero-order valence-corrected chi connectivity index (χ0v) is 18.1. The molecule has 1 N–H and O–H groups in total. The first-order chi connectivity index (χ1) is 14.0. The standard InChI is InChI=1S/C21H19BrClN3O3/c1-28-20-5-2-14(11-17(20)22)10-15(13-24)21(27)25-18-12-16(23)3-4-19(18)26-6-8-29-9-7-26/h2-5,10-12H,6-9H2,1H3,(H,25,27)/b15-10+. The lowest BCUT2D eigenvalue weighted by molar-refractivity contribution is -0.112. The number of morpholine rings is 1. The van der Waals surface area contributed by atoms with Gasteiger partial charge in [-0.3, -0.25) is 4.79 Å². The van der Waals surface area contributed by atoms with Crippen molar-refractivity contribution in [1.29, 1.82) is 5.26 Å². The predicted molar refractivity (Wildman–Crippen MR) is 117 cm³/mol. The summed E-state index contributed by atoms with van der Waals surface area (Å²) in [5.74, 6) is 0.162. The monoisotopic (exact) mass is 475 g/mol. The third-order valence-electron chi connectivity index (χ3n) is 4.41. The number of hydrogen-bond acceptors (Lipinski definition) is 5. The van der Waals surface area contributed by atoms with Crippen LogP contribution in [0.3, 0.4) is 0 Å². The van der Waals surface area contributed by atoms with Crippen molar-refractivity contribution in [3.63, 3.8) is 0 Å². The molecule has 0 atom stereocenters. The SMILES string of the molecule is COc1ccc(/C=C(\C#N)C(=O)Nc2cc(Cl)ccc2N2CCOCC2)cc1Br. The van der Waals surface area contributed by atoms with Crippen LogP contribution in [0, 0.1) is 11.3 Å². The normalized spacial score (nSPS) is 14.3. The first-order valence-electron chi connectivity index (χ1n) is 8.90. The Balaban J connectivity index is 1.85. The average molecular weight is 477 g/mol. The first-order valence-corrected chi connectivity index (χ1v) is 10.1. The smallest absolute Gasteiger partial charge is 0.266 e. The molecule has 1 heterocycles. The molecule has 0 radical (unpaired) electrons. The van der Waals surface area contributed by atoms with Crippen molar-refractivity contribution in [2.45, 2.75) is 0 Å². The van der Waals surface area contributed by atoms with Gasteiger partial charge in [-0.05, 0) is 57.9 Å². The summed E-state index contributed by atoms with van der Waals surface area (Å²) in [6.07, 6.45) is 1.53. The van der Waals surface area contributed by atoms with Gasteiger partial charge in [0.15, 0.2) is 0 Å². The first kappa shape index (κ1) is 21.2. The van der Waals surface area contributed by atoms with Crippen molar-refractivity contribution in [3.8, 4) is 11.8 Å². The second kappa shape index (κ2) is 9.79. The Kier molecular flexibility index (Phi) is 7.15. The van der Waals surface area contributed by atoms with E-state index in [-0.39, 0.29) is 5.57 Å². The highest BCUT2D eigenvalue weighted by Crippen LogP contribution is 2.31. The molecule has 29 heavy (non-hydrogen) atoms. The molecule has 2 aromatic rings. The number of carbonyl (C=O) groups is 1. The van der Waals surface area contributed by atoms with E-state index in [4.69, 9.17) is 21.1 Å². The lowest BCUT2D eigenvalue weighted by Crippen LogP contribution is -2.36. The number of anilines is 2. The van der Waals surface area contributed by atoms with Crippen LogP contribution in [-0.2, 0) is 9.53 Å². The largest absolute Gasteiger partial charge is 0.496 e. The Morgan fingerprint density at radius 1 is 1.31 bits per heavy atom. The number of methoxy groups -OCH3 is 1. The van der Waals surface area contributed by atoms with E-state index in [1.54, 1.807) is 37.4 Å². The molecule has 3 rings (SSSR count). The Bertz CT molecular complexity index is 982. The van der Waals surface area contributed by atoms with E-state index in [1.807, 2.05) is 12.1 Å². The Morgan fingerprint density at radius 2 is 2.07 bits per heavy atom. The summed E-state index contributed by atoms with van der Waals surface area (Å²) in [5.41, 5.74) is 2.08. The molecule has 1 fully saturated rings. The molecule has 2 aromatic carbocycles. The Hall–Kier alpha value is -2.53. The van der Waals surface area contributed by atoms with Crippen LogP contribution >= 0.6 is 27.5 Å². The van der Waals surface area contributed by atoms with Crippen LogP contribution in [0.4, 0.5) is 11.4 Å². The van der Waals surface area contributed by atoms with Gasteiger partial charge in [-0.25, -0.2) is 0 Å². The van der Waals surface area contributed by atoms with E-state index < -0.39 is 5.91 Å². The lowest BCUT2D eigenvalue weighted by atomic mass is 10.1. The van der Waals surface area contributed by atoms with Gasteiger partial charge in [-0.1, -0.05) is 17.7 Å². The van der Waals surface area contributed by atoms with E-state index >= 15 is 0 Å². The molecule has 1 aliphatic heterocycles. The van der Waals surface area contributed by atoms with Crippen LogP contribution in [0.25, 0.3) is 6.08 Å². The van der Waals surface area contributed by atoms with Crippen molar-refractivity contribution in [2.24, 2.45) is 0 Å². The number of benzene rings is 2. The second-order valence-electron chi connectivity index (χ2n) is 6.28. The average Bonchev–Trinajstić information content (AvgIpc) is 2.73. The molecule has 1 amide bonds. The maximum atomic E-state index is 12.8. The number of nitrogens with one attached hydrogen (secondary N) is 1. The quantitative estimate of drug-likeness (QED) is 0.508. The highest BCUT2D eigenvalue weighted by Gasteiger charge is 2.18. The minimum atomic E-state index is -0.504. The molecule has 0 aliphatic carbocycles. The van der Waals surface area contributed by atoms with Gasteiger partial charge in [-0.2, -0.15) is 5.26 Å². The van der Waals surface area contributed by atoms with Gasteiger partial charge in [0.25, 0.3) is 5.91 Å². The van der Waals surface area contributed by atoms with E-state index in [0.717, 1.165) is 10.2 Å². The molecule has 1 aliphatic rings. The molecular weight excluding hydrogens is 458 g/mol. The van der Waals surface area contributed by atoms with Crippen molar-refractivity contribution in [2.75, 3.05) is 43.6 Å². The van der Waals surface area contributed by atoms with Gasteiger partial charge >= 0.3 is 0 Å². The van der Waals surface area contributed by atoms with Crippen LogP contribution in [0.2, 0.25) is 5.02 Å². The third kappa shape index (κ3) is 5.30. The van der Waals surface area contributed by atoms with E-state index in [0.29, 0.717) is 48.3 Å². The fourth-order valence-electron chi connectivity index (χ4n) is 2.97. The van der Waals surface area contributed by atoms with Crippen molar-refractivity contribution in [3.05, 3.63) is 57.0 Å². The summed E-state index contributed by atoms with van der Waals surface area (Å²) < 4.78 is 11.3. The molecule has 1 saturated heterocycles. The number of ether oxygens (including phenoxy) is 2. The predicted octanol–water partition coefficient (Wildman–Crippen LogP) is 4.49. The zero-order valence-electron chi connectivity index (χ0n) is 15.7. The highest BCUT2D eigenvalue weighted by atomic mass is 79.9.